The Hall–Kier alpha value is -2.08. The molecule has 0 N–H and O–H groups in total. The van der Waals surface area contributed by atoms with Crippen LogP contribution in [0.4, 0.5) is 13.2 Å². The number of benzene rings is 1. The molecule has 0 radical (unpaired) electrons. The highest BCUT2D eigenvalue weighted by atomic mass is 32.2. The molecule has 0 aliphatic heterocycles. The topological polar surface area (TPSA) is 67.4 Å². The summed E-state index contributed by atoms with van der Waals surface area (Å²) in [6, 6.07) is 5.37. The molecule has 0 amide bonds. The van der Waals surface area contributed by atoms with E-state index in [1.807, 2.05) is 0 Å². The summed E-state index contributed by atoms with van der Waals surface area (Å²) < 4.78 is 40.3. The van der Waals surface area contributed by atoms with Crippen molar-refractivity contribution in [3.05, 3.63) is 29.3 Å². The smallest absolute Gasteiger partial charge is 0.217 e. The molecule has 5 nitrogen and oxygen atoms in total. The van der Waals surface area contributed by atoms with Gasteiger partial charge in [0.15, 0.2) is 0 Å². The standard InChI is InChI=1S/C12H8F3N5S/c13-12(14,15)10-5-9(4-1-7(10)6-16)21-11-17-18-19-20(11)8-2-3-8/h1,4-5,8H,2-3H2. The molecule has 1 aromatic heterocycles. The molecule has 1 aromatic carbocycles. The normalized spacial score (nSPS) is 15.0. The lowest BCUT2D eigenvalue weighted by atomic mass is 10.1. The summed E-state index contributed by atoms with van der Waals surface area (Å²) in [7, 11) is 0. The number of aromatic nitrogens is 4. The summed E-state index contributed by atoms with van der Waals surface area (Å²) in [5.74, 6) is 0. The first-order valence-corrected chi connectivity index (χ1v) is 6.88. The second kappa shape index (κ2) is 5.04. The molecule has 1 fully saturated rings. The third kappa shape index (κ3) is 2.85. The van der Waals surface area contributed by atoms with Gasteiger partial charge in [-0.1, -0.05) is 0 Å². The molecule has 1 aliphatic carbocycles. The maximum atomic E-state index is 12.9. The molecule has 1 heterocycles. The Balaban J connectivity index is 1.92. The van der Waals surface area contributed by atoms with Crippen molar-refractivity contribution in [2.24, 2.45) is 0 Å². The quantitative estimate of drug-likeness (QED) is 0.871. The number of nitriles is 1. The maximum Gasteiger partial charge on any atom is 0.417 e. The van der Waals surface area contributed by atoms with E-state index in [0.717, 1.165) is 36.7 Å². The van der Waals surface area contributed by atoms with Crippen LogP contribution in [0, 0.1) is 11.3 Å². The predicted octanol–water partition coefficient (Wildman–Crippen LogP) is 3.05. The molecule has 9 heteroatoms. The van der Waals surface area contributed by atoms with Crippen molar-refractivity contribution in [3.8, 4) is 6.07 Å². The molecule has 2 aromatic rings. The van der Waals surface area contributed by atoms with Crippen molar-refractivity contribution >= 4 is 11.8 Å². The van der Waals surface area contributed by atoms with E-state index in [1.54, 1.807) is 10.8 Å². The van der Waals surface area contributed by atoms with Gasteiger partial charge in [0.05, 0.1) is 23.2 Å². The first-order valence-electron chi connectivity index (χ1n) is 6.06. The van der Waals surface area contributed by atoms with Gasteiger partial charge in [-0.05, 0) is 53.2 Å². The van der Waals surface area contributed by atoms with Crippen molar-refractivity contribution in [2.75, 3.05) is 0 Å². The predicted molar refractivity (Wildman–Crippen MR) is 66.4 cm³/mol. The summed E-state index contributed by atoms with van der Waals surface area (Å²) in [6.45, 7) is 0. The number of hydrogen-bond donors (Lipinski definition) is 0. The molecule has 1 aliphatic rings. The Bertz CT molecular complexity index is 714. The van der Waals surface area contributed by atoms with Crippen LogP contribution in [0.5, 0.6) is 0 Å². The fourth-order valence-corrected chi connectivity index (χ4v) is 2.71. The van der Waals surface area contributed by atoms with Crippen LogP contribution in [0.25, 0.3) is 0 Å². The molecular formula is C12H8F3N5S. The van der Waals surface area contributed by atoms with E-state index >= 15 is 0 Å². The summed E-state index contributed by atoms with van der Waals surface area (Å²) in [4.78, 5) is 0.345. The molecule has 0 unspecified atom stereocenters. The van der Waals surface area contributed by atoms with Gasteiger partial charge in [-0.25, -0.2) is 4.68 Å². The van der Waals surface area contributed by atoms with Crippen molar-refractivity contribution < 1.29 is 13.2 Å². The average Bonchev–Trinajstić information content (AvgIpc) is 3.18. The zero-order chi connectivity index (χ0) is 15.0. The summed E-state index contributed by atoms with van der Waals surface area (Å²) >= 11 is 1.06. The number of nitrogens with zero attached hydrogens (tertiary/aromatic N) is 5. The highest BCUT2D eigenvalue weighted by Gasteiger charge is 2.34. The Morgan fingerprint density at radius 3 is 2.71 bits per heavy atom. The van der Waals surface area contributed by atoms with Crippen LogP contribution < -0.4 is 0 Å². The van der Waals surface area contributed by atoms with Crippen LogP contribution in [-0.2, 0) is 6.18 Å². The van der Waals surface area contributed by atoms with Gasteiger partial charge >= 0.3 is 6.18 Å². The largest absolute Gasteiger partial charge is 0.417 e. The zero-order valence-corrected chi connectivity index (χ0v) is 11.3. The van der Waals surface area contributed by atoms with Crippen LogP contribution in [0.2, 0.25) is 0 Å². The minimum absolute atomic E-state index is 0.239. The summed E-state index contributed by atoms with van der Waals surface area (Å²) in [6.07, 6.45) is -2.62. The highest BCUT2D eigenvalue weighted by Crippen LogP contribution is 2.39. The van der Waals surface area contributed by atoms with Gasteiger partial charge in [-0.3, -0.25) is 0 Å². The first kappa shape index (κ1) is 13.9. The Morgan fingerprint density at radius 1 is 1.33 bits per heavy atom. The van der Waals surface area contributed by atoms with E-state index in [-0.39, 0.29) is 6.04 Å². The molecular weight excluding hydrogens is 303 g/mol. The van der Waals surface area contributed by atoms with Gasteiger partial charge in [0.1, 0.15) is 0 Å². The van der Waals surface area contributed by atoms with Gasteiger partial charge in [0.25, 0.3) is 0 Å². The van der Waals surface area contributed by atoms with Crippen molar-refractivity contribution in [1.82, 2.24) is 20.2 Å². The van der Waals surface area contributed by atoms with Gasteiger partial charge in [-0.2, -0.15) is 18.4 Å². The highest BCUT2D eigenvalue weighted by molar-refractivity contribution is 7.99. The minimum Gasteiger partial charge on any atom is -0.217 e. The van der Waals surface area contributed by atoms with Gasteiger partial charge in [0.2, 0.25) is 5.16 Å². The number of hydrogen-bond acceptors (Lipinski definition) is 5. The minimum atomic E-state index is -4.57. The second-order valence-corrected chi connectivity index (χ2v) is 5.60. The summed E-state index contributed by atoms with van der Waals surface area (Å²) in [5, 5.41) is 20.4. The van der Waals surface area contributed by atoms with Crippen LogP contribution in [0.15, 0.2) is 28.3 Å². The Kier molecular flexibility index (Phi) is 3.33. The molecule has 0 bridgehead atoms. The van der Waals surface area contributed by atoms with Crippen LogP contribution >= 0.6 is 11.8 Å². The van der Waals surface area contributed by atoms with Crippen LogP contribution in [0.3, 0.4) is 0 Å². The maximum absolute atomic E-state index is 12.9. The SMILES string of the molecule is N#Cc1ccc(Sc2nnnn2C2CC2)cc1C(F)(F)F. The third-order valence-corrected chi connectivity index (χ3v) is 3.92. The van der Waals surface area contributed by atoms with Gasteiger partial charge in [0, 0.05) is 4.90 Å². The second-order valence-electron chi connectivity index (χ2n) is 4.56. The molecule has 21 heavy (non-hydrogen) atoms. The fraction of sp³-hybridized carbons (Fsp3) is 0.333. The fourth-order valence-electron chi connectivity index (χ4n) is 1.83. The van der Waals surface area contributed by atoms with Crippen molar-refractivity contribution in [2.45, 2.75) is 35.1 Å². The van der Waals surface area contributed by atoms with Crippen molar-refractivity contribution in [1.29, 1.82) is 5.26 Å². The molecule has 0 atom stereocenters. The van der Waals surface area contributed by atoms with E-state index in [0.29, 0.717) is 10.1 Å². The van der Waals surface area contributed by atoms with Crippen molar-refractivity contribution in [3.63, 3.8) is 0 Å². The van der Waals surface area contributed by atoms with E-state index in [2.05, 4.69) is 15.5 Å². The molecule has 3 rings (SSSR count). The lowest BCUT2D eigenvalue weighted by Gasteiger charge is -2.10. The number of halogens is 3. The zero-order valence-electron chi connectivity index (χ0n) is 10.5. The lowest BCUT2D eigenvalue weighted by Crippen LogP contribution is -2.08. The summed E-state index contributed by atoms with van der Waals surface area (Å²) in [5.41, 5.74) is -1.34. The van der Waals surface area contributed by atoms with Crippen LogP contribution in [0.1, 0.15) is 30.0 Å². The number of rotatable bonds is 3. The Labute approximate surface area is 121 Å². The molecule has 0 spiro atoms. The third-order valence-electron chi connectivity index (χ3n) is 2.98. The monoisotopic (exact) mass is 311 g/mol. The van der Waals surface area contributed by atoms with E-state index in [4.69, 9.17) is 5.26 Å². The number of tetrazole rings is 1. The molecule has 108 valence electrons. The van der Waals surface area contributed by atoms with Gasteiger partial charge < -0.3 is 0 Å². The first-order chi connectivity index (χ1) is 9.99. The van der Waals surface area contributed by atoms with Gasteiger partial charge in [-0.15, -0.1) is 5.10 Å². The van der Waals surface area contributed by atoms with E-state index in [9.17, 15) is 13.2 Å². The average molecular weight is 311 g/mol. The molecule has 1 saturated carbocycles. The van der Waals surface area contributed by atoms with E-state index < -0.39 is 17.3 Å². The van der Waals surface area contributed by atoms with E-state index in [1.165, 1.54) is 6.07 Å². The Morgan fingerprint density at radius 2 is 2.10 bits per heavy atom. The lowest BCUT2D eigenvalue weighted by molar-refractivity contribution is -0.137. The number of alkyl halides is 3. The van der Waals surface area contributed by atoms with Crippen LogP contribution in [-0.4, -0.2) is 20.2 Å². The molecule has 0 saturated heterocycles.